The molecular weight excluding hydrogens is 547 g/mol. The summed E-state index contributed by atoms with van der Waals surface area (Å²) in [6.07, 6.45) is 10.5. The van der Waals surface area contributed by atoms with Crippen LogP contribution < -0.4 is 16.0 Å². The van der Waals surface area contributed by atoms with Crippen LogP contribution in [0.4, 0.5) is 0 Å². The van der Waals surface area contributed by atoms with Gasteiger partial charge in [0.05, 0.1) is 6.42 Å². The molecule has 0 aromatic rings. The van der Waals surface area contributed by atoms with Crippen LogP contribution in [0.3, 0.4) is 0 Å². The molecule has 3 N–H and O–H groups in total. The van der Waals surface area contributed by atoms with Crippen LogP contribution in [0.2, 0.25) is 0 Å². The Morgan fingerprint density at radius 3 is 1.03 bits per heavy atom. The highest BCUT2D eigenvalue weighted by molar-refractivity contribution is 7.80. The molecule has 0 bridgehead atoms. The second-order valence-corrected chi connectivity index (χ2v) is 11.2. The first-order chi connectivity index (χ1) is 17.8. The molecule has 0 fully saturated rings. The molecule has 0 radical (unpaired) electrons. The van der Waals surface area contributed by atoms with Crippen molar-refractivity contribution in [1.82, 2.24) is 16.0 Å². The summed E-state index contributed by atoms with van der Waals surface area (Å²) < 4.78 is 0. The molecule has 0 rings (SSSR count). The van der Waals surface area contributed by atoms with Crippen LogP contribution in [0.5, 0.6) is 0 Å². The number of hydrogen-bond donors (Lipinski definition) is 7. The molecule has 0 aliphatic carbocycles. The van der Waals surface area contributed by atoms with Gasteiger partial charge in [0.2, 0.25) is 17.7 Å². The van der Waals surface area contributed by atoms with Gasteiger partial charge in [0.25, 0.3) is 0 Å². The number of ketones is 1. The molecule has 0 unspecified atom stereocenters. The fourth-order valence-electron chi connectivity index (χ4n) is 3.85. The van der Waals surface area contributed by atoms with Crippen molar-refractivity contribution in [2.45, 2.75) is 115 Å². The maximum Gasteiger partial charge on any atom is 0.223 e. The van der Waals surface area contributed by atoms with Crippen LogP contribution in [0.1, 0.15) is 109 Å². The smallest absolute Gasteiger partial charge is 0.223 e. The fourth-order valence-corrected chi connectivity index (χ4v) is 4.74. The highest BCUT2D eigenvalue weighted by Gasteiger charge is 2.37. The van der Waals surface area contributed by atoms with Gasteiger partial charge in [-0.3, -0.25) is 19.2 Å². The monoisotopic (exact) mass is 595 g/mol. The Hall–Kier alpha value is -0.520. The van der Waals surface area contributed by atoms with E-state index in [1.807, 2.05) is 0 Å². The average Bonchev–Trinajstić information content (AvgIpc) is 2.85. The van der Waals surface area contributed by atoms with Gasteiger partial charge in [0.1, 0.15) is 5.78 Å². The minimum absolute atomic E-state index is 0.125. The number of hydrogen-bond acceptors (Lipinski definition) is 8. The van der Waals surface area contributed by atoms with Gasteiger partial charge in [-0.15, -0.1) is 0 Å². The van der Waals surface area contributed by atoms with E-state index in [-0.39, 0.29) is 49.2 Å². The van der Waals surface area contributed by atoms with E-state index in [9.17, 15) is 19.2 Å². The number of Topliss-reactive ketones (excluding diaryl/α,β-unsaturated/α-hetero) is 1. The molecule has 0 aliphatic rings. The Morgan fingerprint density at radius 1 is 0.432 bits per heavy atom. The van der Waals surface area contributed by atoms with Gasteiger partial charge in [0, 0.05) is 25.7 Å². The minimum Gasteiger partial charge on any atom is -0.316 e. The van der Waals surface area contributed by atoms with Gasteiger partial charge in [-0.1, -0.05) is 25.7 Å². The third kappa shape index (κ3) is 21.0. The van der Waals surface area contributed by atoms with Crippen molar-refractivity contribution in [2.24, 2.45) is 0 Å². The van der Waals surface area contributed by atoms with Gasteiger partial charge in [-0.2, -0.15) is 50.5 Å². The van der Waals surface area contributed by atoms with Crippen molar-refractivity contribution in [1.29, 1.82) is 0 Å². The number of carbonyl (C=O) groups excluding carboxylic acids is 4. The van der Waals surface area contributed by atoms with E-state index in [0.29, 0.717) is 32.1 Å². The SMILES string of the molecule is O=C(CCCCCS)CC(NC(=O)CCCCCS)(NC(=O)CCCCCS)NC(=O)CCCCCS. The predicted molar refractivity (Wildman–Crippen MR) is 166 cm³/mol. The second-order valence-electron chi connectivity index (χ2n) is 9.40. The van der Waals surface area contributed by atoms with Crippen LogP contribution in [0, 0.1) is 0 Å². The highest BCUT2D eigenvalue weighted by atomic mass is 32.1. The van der Waals surface area contributed by atoms with Crippen LogP contribution in [-0.4, -0.2) is 52.3 Å². The van der Waals surface area contributed by atoms with Crippen molar-refractivity contribution in [3.8, 4) is 0 Å². The molecule has 11 heteroatoms. The van der Waals surface area contributed by atoms with Crippen LogP contribution in [0.25, 0.3) is 0 Å². The van der Waals surface area contributed by atoms with Gasteiger partial charge in [-0.05, 0) is 74.4 Å². The number of nitrogens with one attached hydrogen (secondary N) is 3. The Bertz CT molecular complexity index is 544. The zero-order valence-electron chi connectivity index (χ0n) is 22.3. The molecule has 0 saturated heterocycles. The Balaban J connectivity index is 5.60. The lowest BCUT2D eigenvalue weighted by Gasteiger charge is -2.36. The summed E-state index contributed by atoms with van der Waals surface area (Å²) in [5.41, 5.74) is 0. The highest BCUT2D eigenvalue weighted by Crippen LogP contribution is 2.14. The predicted octanol–water partition coefficient (Wildman–Crippen LogP) is 4.91. The van der Waals surface area contributed by atoms with Gasteiger partial charge in [-0.25, -0.2) is 0 Å². The number of thiol groups is 4. The van der Waals surface area contributed by atoms with Gasteiger partial charge >= 0.3 is 0 Å². The van der Waals surface area contributed by atoms with Crippen molar-refractivity contribution >= 4 is 74.0 Å². The maximum atomic E-state index is 13.0. The molecule has 0 aromatic carbocycles. The molecule has 0 saturated carbocycles. The Labute approximate surface area is 246 Å². The number of unbranched alkanes of at least 4 members (excludes halogenated alkanes) is 8. The van der Waals surface area contributed by atoms with E-state index in [1.54, 1.807) is 0 Å². The zero-order valence-corrected chi connectivity index (χ0v) is 25.8. The summed E-state index contributed by atoms with van der Waals surface area (Å²) in [4.78, 5) is 51.6. The molecule has 0 atom stereocenters. The molecule has 216 valence electrons. The van der Waals surface area contributed by atoms with Crippen molar-refractivity contribution < 1.29 is 19.2 Å². The van der Waals surface area contributed by atoms with Gasteiger partial charge < -0.3 is 16.0 Å². The zero-order chi connectivity index (χ0) is 27.8. The third-order valence-electron chi connectivity index (χ3n) is 5.82. The van der Waals surface area contributed by atoms with Crippen molar-refractivity contribution in [3.05, 3.63) is 0 Å². The fraction of sp³-hybridized carbons (Fsp3) is 0.846. The summed E-state index contributed by atoms with van der Waals surface area (Å²) >= 11 is 16.8. The topological polar surface area (TPSA) is 104 Å². The largest absolute Gasteiger partial charge is 0.316 e. The van der Waals surface area contributed by atoms with E-state index in [0.717, 1.165) is 74.4 Å². The van der Waals surface area contributed by atoms with Crippen molar-refractivity contribution in [2.75, 3.05) is 23.0 Å². The lowest BCUT2D eigenvalue weighted by Crippen LogP contribution is -2.71. The lowest BCUT2D eigenvalue weighted by atomic mass is 10.0. The quantitative estimate of drug-likeness (QED) is 0.0463. The lowest BCUT2D eigenvalue weighted by molar-refractivity contribution is -0.133. The molecule has 0 spiro atoms. The average molecular weight is 596 g/mol. The van der Waals surface area contributed by atoms with Crippen LogP contribution in [-0.2, 0) is 19.2 Å². The number of carbonyl (C=O) groups is 4. The first-order valence-electron chi connectivity index (χ1n) is 13.7. The van der Waals surface area contributed by atoms with E-state index < -0.39 is 5.79 Å². The first-order valence-corrected chi connectivity index (χ1v) is 16.2. The minimum atomic E-state index is -1.64. The van der Waals surface area contributed by atoms with E-state index in [4.69, 9.17) is 0 Å². The van der Waals surface area contributed by atoms with Crippen LogP contribution >= 0.6 is 50.5 Å². The Kier molecular flexibility index (Phi) is 24.2. The molecule has 0 aromatic heterocycles. The molecule has 7 nitrogen and oxygen atoms in total. The van der Waals surface area contributed by atoms with E-state index in [2.05, 4.69) is 66.5 Å². The normalized spacial score (nSPS) is 11.2. The summed E-state index contributed by atoms with van der Waals surface area (Å²) in [5.74, 6) is 0.310. The maximum absolute atomic E-state index is 13.0. The summed E-state index contributed by atoms with van der Waals surface area (Å²) in [7, 11) is 0. The molecule has 0 heterocycles. The Morgan fingerprint density at radius 2 is 0.730 bits per heavy atom. The standard InChI is InChI=1S/C26H49N3O4S4/c30-22(13-5-1-9-17-34)21-26(27-23(31)14-6-2-10-18-35,28-24(32)15-7-3-11-19-36)29-25(33)16-8-4-12-20-37/h34-37H,1-21H2,(H,27,31)(H,28,32)(H,29,33). The summed E-state index contributed by atoms with van der Waals surface area (Å²) in [6.45, 7) is 0. The molecular formula is C26H49N3O4S4. The first kappa shape index (κ1) is 36.5. The molecule has 37 heavy (non-hydrogen) atoms. The summed E-state index contributed by atoms with van der Waals surface area (Å²) in [6, 6.07) is 0. The second kappa shape index (κ2) is 24.5. The third-order valence-corrected chi connectivity index (χ3v) is 7.09. The molecule has 3 amide bonds. The van der Waals surface area contributed by atoms with Crippen LogP contribution in [0.15, 0.2) is 0 Å². The van der Waals surface area contributed by atoms with E-state index in [1.165, 1.54) is 0 Å². The van der Waals surface area contributed by atoms with Crippen molar-refractivity contribution in [3.63, 3.8) is 0 Å². The molecule has 0 aliphatic heterocycles. The van der Waals surface area contributed by atoms with Gasteiger partial charge in [0.15, 0.2) is 5.79 Å². The summed E-state index contributed by atoms with van der Waals surface area (Å²) in [5, 5.41) is 8.48. The number of amides is 3. The van der Waals surface area contributed by atoms with E-state index >= 15 is 0 Å². The number of rotatable bonds is 25.